The highest BCUT2D eigenvalue weighted by atomic mass is 16.1. The minimum Gasteiger partial charge on any atom is -0.355 e. The normalized spacial score (nSPS) is 9.72. The molecule has 1 rings (SSSR count). The van der Waals surface area contributed by atoms with Gasteiger partial charge in [0, 0.05) is 12.1 Å². The maximum Gasteiger partial charge on any atom is 0.233 e. The largest absolute Gasteiger partial charge is 0.355 e. The Kier molecular flexibility index (Phi) is 6.60. The van der Waals surface area contributed by atoms with Gasteiger partial charge in [-0.25, -0.2) is 0 Å². The van der Waals surface area contributed by atoms with Crippen LogP contribution >= 0.6 is 0 Å². The quantitative estimate of drug-likeness (QED) is 0.607. The number of amides is 1. The SMILES string of the molecule is CC(C)CNC(=O)CNCC#Cc1ccccc1. The molecule has 2 N–H and O–H groups in total. The zero-order valence-corrected chi connectivity index (χ0v) is 11.0. The summed E-state index contributed by atoms with van der Waals surface area (Å²) in [7, 11) is 0. The molecule has 3 nitrogen and oxygen atoms in total. The van der Waals surface area contributed by atoms with Crippen LogP contribution in [0.4, 0.5) is 0 Å². The van der Waals surface area contributed by atoms with E-state index in [9.17, 15) is 4.79 Å². The van der Waals surface area contributed by atoms with Gasteiger partial charge in [-0.3, -0.25) is 10.1 Å². The van der Waals surface area contributed by atoms with E-state index in [-0.39, 0.29) is 5.91 Å². The van der Waals surface area contributed by atoms with Crippen molar-refractivity contribution in [3.8, 4) is 11.8 Å². The van der Waals surface area contributed by atoms with Crippen molar-refractivity contribution in [3.63, 3.8) is 0 Å². The van der Waals surface area contributed by atoms with Crippen LogP contribution < -0.4 is 10.6 Å². The second kappa shape index (κ2) is 8.32. The van der Waals surface area contributed by atoms with Gasteiger partial charge >= 0.3 is 0 Å². The molecule has 0 aromatic heterocycles. The molecule has 0 saturated carbocycles. The summed E-state index contributed by atoms with van der Waals surface area (Å²) in [6, 6.07) is 9.79. The molecular formula is C15H20N2O. The summed E-state index contributed by atoms with van der Waals surface area (Å²) in [6.45, 7) is 5.69. The molecule has 96 valence electrons. The van der Waals surface area contributed by atoms with E-state index < -0.39 is 0 Å². The third-order valence-electron chi connectivity index (χ3n) is 2.21. The monoisotopic (exact) mass is 244 g/mol. The fourth-order valence-corrected chi connectivity index (χ4v) is 1.29. The Morgan fingerprint density at radius 3 is 2.67 bits per heavy atom. The van der Waals surface area contributed by atoms with Crippen molar-refractivity contribution in [2.24, 2.45) is 5.92 Å². The van der Waals surface area contributed by atoms with Gasteiger partial charge in [-0.05, 0) is 18.1 Å². The first kappa shape index (κ1) is 14.3. The Labute approximate surface area is 109 Å². The number of rotatable bonds is 5. The third-order valence-corrected chi connectivity index (χ3v) is 2.21. The molecule has 0 aliphatic carbocycles. The van der Waals surface area contributed by atoms with Gasteiger partial charge in [-0.1, -0.05) is 43.9 Å². The molecule has 0 atom stereocenters. The maximum absolute atomic E-state index is 11.4. The first-order valence-electron chi connectivity index (χ1n) is 6.20. The molecule has 1 amide bonds. The van der Waals surface area contributed by atoms with Gasteiger partial charge in [0.1, 0.15) is 0 Å². The molecule has 1 aromatic carbocycles. The highest BCUT2D eigenvalue weighted by Crippen LogP contribution is 1.94. The molecule has 3 heteroatoms. The molecular weight excluding hydrogens is 224 g/mol. The van der Waals surface area contributed by atoms with Gasteiger partial charge in [0.2, 0.25) is 5.91 Å². The fourth-order valence-electron chi connectivity index (χ4n) is 1.29. The summed E-state index contributed by atoms with van der Waals surface area (Å²) < 4.78 is 0. The van der Waals surface area contributed by atoms with Crippen LogP contribution in [0.5, 0.6) is 0 Å². The Balaban J connectivity index is 2.16. The van der Waals surface area contributed by atoms with Gasteiger partial charge in [0.25, 0.3) is 0 Å². The Morgan fingerprint density at radius 1 is 1.28 bits per heavy atom. The van der Waals surface area contributed by atoms with Gasteiger partial charge < -0.3 is 5.32 Å². The third kappa shape index (κ3) is 6.72. The van der Waals surface area contributed by atoms with E-state index in [0.29, 0.717) is 19.0 Å². The van der Waals surface area contributed by atoms with E-state index in [1.165, 1.54) is 0 Å². The lowest BCUT2D eigenvalue weighted by Gasteiger charge is -2.06. The molecule has 0 aliphatic rings. The standard InChI is InChI=1S/C15H20N2O/c1-13(2)11-17-15(18)12-16-10-6-9-14-7-4-3-5-8-14/h3-5,7-8,13,16H,10-12H2,1-2H3,(H,17,18). The van der Waals surface area contributed by atoms with Crippen molar-refractivity contribution >= 4 is 5.91 Å². The Hall–Kier alpha value is -1.79. The minimum absolute atomic E-state index is 0.0187. The number of carbonyl (C=O) groups excluding carboxylic acids is 1. The summed E-state index contributed by atoms with van der Waals surface area (Å²) in [5.41, 5.74) is 0.989. The maximum atomic E-state index is 11.4. The summed E-state index contributed by atoms with van der Waals surface area (Å²) in [6.07, 6.45) is 0. The lowest BCUT2D eigenvalue weighted by molar-refractivity contribution is -0.120. The predicted molar refractivity (Wildman–Crippen MR) is 74.0 cm³/mol. The first-order valence-corrected chi connectivity index (χ1v) is 6.20. The van der Waals surface area contributed by atoms with Gasteiger partial charge in [-0.2, -0.15) is 0 Å². The first-order chi connectivity index (χ1) is 8.68. The molecule has 0 radical (unpaired) electrons. The minimum atomic E-state index is 0.0187. The summed E-state index contributed by atoms with van der Waals surface area (Å²) >= 11 is 0. The second-order valence-electron chi connectivity index (χ2n) is 4.47. The molecule has 18 heavy (non-hydrogen) atoms. The highest BCUT2D eigenvalue weighted by molar-refractivity contribution is 5.77. The molecule has 0 spiro atoms. The van der Waals surface area contributed by atoms with Crippen LogP contribution in [0, 0.1) is 17.8 Å². The van der Waals surface area contributed by atoms with Crippen molar-refractivity contribution in [2.45, 2.75) is 13.8 Å². The summed E-state index contributed by atoms with van der Waals surface area (Å²) in [4.78, 5) is 11.4. The van der Waals surface area contributed by atoms with E-state index in [4.69, 9.17) is 0 Å². The van der Waals surface area contributed by atoms with Crippen LogP contribution in [-0.4, -0.2) is 25.5 Å². The van der Waals surface area contributed by atoms with Gasteiger partial charge in [-0.15, -0.1) is 0 Å². The van der Waals surface area contributed by atoms with Gasteiger partial charge in [0.05, 0.1) is 13.1 Å². The van der Waals surface area contributed by atoms with E-state index >= 15 is 0 Å². The van der Waals surface area contributed by atoms with Crippen LogP contribution in [0.15, 0.2) is 30.3 Å². The molecule has 0 bridgehead atoms. The molecule has 0 saturated heterocycles. The second-order valence-corrected chi connectivity index (χ2v) is 4.47. The predicted octanol–water partition coefficient (Wildman–Crippen LogP) is 1.40. The van der Waals surface area contributed by atoms with Gasteiger partial charge in [0.15, 0.2) is 0 Å². The number of hydrogen-bond donors (Lipinski definition) is 2. The number of hydrogen-bond acceptors (Lipinski definition) is 2. The lowest BCUT2D eigenvalue weighted by Crippen LogP contribution is -2.35. The van der Waals surface area contributed by atoms with Crippen LogP contribution in [0.25, 0.3) is 0 Å². The lowest BCUT2D eigenvalue weighted by atomic mass is 10.2. The Morgan fingerprint density at radius 2 is 2.00 bits per heavy atom. The zero-order chi connectivity index (χ0) is 13.2. The van der Waals surface area contributed by atoms with Crippen LogP contribution in [0.1, 0.15) is 19.4 Å². The highest BCUT2D eigenvalue weighted by Gasteiger charge is 1.99. The van der Waals surface area contributed by atoms with E-state index in [1.54, 1.807) is 0 Å². The zero-order valence-electron chi connectivity index (χ0n) is 11.0. The molecule has 0 fully saturated rings. The Bertz CT molecular complexity index is 415. The van der Waals surface area contributed by atoms with Crippen molar-refractivity contribution in [1.29, 1.82) is 0 Å². The van der Waals surface area contributed by atoms with Crippen molar-refractivity contribution < 1.29 is 4.79 Å². The average Bonchev–Trinajstić information content (AvgIpc) is 2.37. The van der Waals surface area contributed by atoms with E-state index in [1.807, 2.05) is 30.3 Å². The van der Waals surface area contributed by atoms with Crippen molar-refractivity contribution in [2.75, 3.05) is 19.6 Å². The van der Waals surface area contributed by atoms with Crippen LogP contribution in [-0.2, 0) is 4.79 Å². The summed E-state index contributed by atoms with van der Waals surface area (Å²) in [5.74, 6) is 6.50. The molecule has 0 aliphatic heterocycles. The topological polar surface area (TPSA) is 41.1 Å². The van der Waals surface area contributed by atoms with E-state index in [0.717, 1.165) is 12.1 Å². The van der Waals surface area contributed by atoms with E-state index in [2.05, 4.69) is 36.3 Å². The number of nitrogens with one attached hydrogen (secondary N) is 2. The van der Waals surface area contributed by atoms with Crippen LogP contribution in [0.2, 0.25) is 0 Å². The average molecular weight is 244 g/mol. The van der Waals surface area contributed by atoms with Crippen LogP contribution in [0.3, 0.4) is 0 Å². The summed E-state index contributed by atoms with van der Waals surface area (Å²) in [5, 5.41) is 5.83. The molecule has 0 heterocycles. The molecule has 0 unspecified atom stereocenters. The molecule has 1 aromatic rings. The fraction of sp³-hybridized carbons (Fsp3) is 0.400. The van der Waals surface area contributed by atoms with Crippen molar-refractivity contribution in [1.82, 2.24) is 10.6 Å². The van der Waals surface area contributed by atoms with Crippen molar-refractivity contribution in [3.05, 3.63) is 35.9 Å². The number of carbonyl (C=O) groups is 1. The smallest absolute Gasteiger partial charge is 0.233 e. The number of benzene rings is 1.